The minimum atomic E-state index is -2.97. The van der Waals surface area contributed by atoms with Crippen LogP contribution < -0.4 is 0 Å². The van der Waals surface area contributed by atoms with Crippen molar-refractivity contribution in [1.82, 2.24) is 4.31 Å². The third-order valence-corrected chi connectivity index (χ3v) is 6.09. The Morgan fingerprint density at radius 1 is 1.06 bits per heavy atom. The predicted octanol–water partition coefficient (Wildman–Crippen LogP) is 1.97. The summed E-state index contributed by atoms with van der Waals surface area (Å²) in [6.07, 6.45) is 2.67. The van der Waals surface area contributed by atoms with Crippen LogP contribution in [0.3, 0.4) is 0 Å². The van der Waals surface area contributed by atoms with E-state index >= 15 is 0 Å². The summed E-state index contributed by atoms with van der Waals surface area (Å²) < 4.78 is 25.9. The van der Waals surface area contributed by atoms with Gasteiger partial charge < -0.3 is 0 Å². The Hall–Kier alpha value is -0.870. The van der Waals surface area contributed by atoms with E-state index in [1.54, 1.807) is 4.31 Å². The molecule has 3 rings (SSSR count). The Labute approximate surface area is 102 Å². The minimum Gasteiger partial charge on any atom is -0.212 e. The van der Waals surface area contributed by atoms with Crippen molar-refractivity contribution < 1.29 is 8.42 Å². The smallest absolute Gasteiger partial charge is 0.212 e. The van der Waals surface area contributed by atoms with Crippen LogP contribution in [-0.2, 0) is 10.0 Å². The summed E-state index contributed by atoms with van der Waals surface area (Å²) in [5.41, 5.74) is 1.26. The molecule has 1 aromatic carbocycles. The molecular formula is C13H17NO2S. The highest BCUT2D eigenvalue weighted by molar-refractivity contribution is 7.90. The molecule has 0 radical (unpaired) electrons. The van der Waals surface area contributed by atoms with Crippen molar-refractivity contribution in [2.45, 2.75) is 30.4 Å². The molecule has 1 saturated carbocycles. The first-order valence-electron chi connectivity index (χ1n) is 6.22. The van der Waals surface area contributed by atoms with Crippen molar-refractivity contribution >= 4 is 10.0 Å². The Kier molecular flexibility index (Phi) is 2.71. The summed E-state index contributed by atoms with van der Waals surface area (Å²) >= 11 is 0. The van der Waals surface area contributed by atoms with Gasteiger partial charge >= 0.3 is 0 Å². The molecule has 2 fully saturated rings. The van der Waals surface area contributed by atoms with Crippen LogP contribution in [0.2, 0.25) is 0 Å². The van der Waals surface area contributed by atoms with Crippen molar-refractivity contribution in [2.24, 2.45) is 0 Å². The fraction of sp³-hybridized carbons (Fsp3) is 0.538. The van der Waals surface area contributed by atoms with Crippen LogP contribution >= 0.6 is 0 Å². The van der Waals surface area contributed by atoms with Gasteiger partial charge in [0, 0.05) is 13.1 Å². The second-order valence-electron chi connectivity index (χ2n) is 5.00. The van der Waals surface area contributed by atoms with Gasteiger partial charge in [0.25, 0.3) is 0 Å². The number of nitrogens with zero attached hydrogens (tertiary/aromatic N) is 1. The quantitative estimate of drug-likeness (QED) is 0.823. The topological polar surface area (TPSA) is 37.4 Å². The van der Waals surface area contributed by atoms with Crippen molar-refractivity contribution in [3.63, 3.8) is 0 Å². The molecule has 1 aromatic rings. The largest absolute Gasteiger partial charge is 0.217 e. The van der Waals surface area contributed by atoms with E-state index in [1.165, 1.54) is 5.56 Å². The van der Waals surface area contributed by atoms with Gasteiger partial charge in [0.2, 0.25) is 10.0 Å². The standard InChI is InChI=1S/C13H17NO2S/c15-17(16,13-6-7-13)14-9-8-12(10-14)11-4-2-1-3-5-11/h1-5,12-13H,6-10H2/t12-/m1/s1. The number of benzene rings is 1. The molecule has 17 heavy (non-hydrogen) atoms. The van der Waals surface area contributed by atoms with Crippen LogP contribution in [-0.4, -0.2) is 31.1 Å². The molecule has 1 atom stereocenters. The summed E-state index contributed by atoms with van der Waals surface area (Å²) in [5, 5.41) is -0.0722. The number of sulfonamides is 1. The van der Waals surface area contributed by atoms with E-state index in [0.29, 0.717) is 19.0 Å². The molecule has 1 heterocycles. The van der Waals surface area contributed by atoms with E-state index in [2.05, 4.69) is 12.1 Å². The second kappa shape index (κ2) is 4.10. The monoisotopic (exact) mass is 251 g/mol. The first kappa shape index (κ1) is 11.2. The maximum absolute atomic E-state index is 12.1. The molecule has 1 saturated heterocycles. The maximum Gasteiger partial charge on any atom is 0.217 e. The third-order valence-electron chi connectivity index (χ3n) is 3.73. The highest BCUT2D eigenvalue weighted by Gasteiger charge is 2.42. The van der Waals surface area contributed by atoms with Crippen LogP contribution in [0.5, 0.6) is 0 Å². The van der Waals surface area contributed by atoms with E-state index < -0.39 is 10.0 Å². The highest BCUT2D eigenvalue weighted by atomic mass is 32.2. The third kappa shape index (κ3) is 2.11. The Balaban J connectivity index is 1.74. The van der Waals surface area contributed by atoms with Crippen molar-refractivity contribution in [2.75, 3.05) is 13.1 Å². The first-order valence-corrected chi connectivity index (χ1v) is 7.72. The number of rotatable bonds is 3. The number of hydrogen-bond donors (Lipinski definition) is 0. The second-order valence-corrected chi connectivity index (χ2v) is 7.21. The molecule has 4 heteroatoms. The molecule has 0 unspecified atom stereocenters. The Bertz CT molecular complexity index is 493. The lowest BCUT2D eigenvalue weighted by molar-refractivity contribution is 0.471. The highest BCUT2D eigenvalue weighted by Crippen LogP contribution is 2.36. The van der Waals surface area contributed by atoms with Gasteiger partial charge in [-0.1, -0.05) is 30.3 Å². The van der Waals surface area contributed by atoms with E-state index in [4.69, 9.17) is 0 Å². The van der Waals surface area contributed by atoms with Gasteiger partial charge in [-0.25, -0.2) is 12.7 Å². The van der Waals surface area contributed by atoms with Crippen molar-refractivity contribution in [3.05, 3.63) is 35.9 Å². The lowest BCUT2D eigenvalue weighted by Crippen LogP contribution is -2.31. The average Bonchev–Trinajstić information content (AvgIpc) is 3.08. The van der Waals surface area contributed by atoms with Gasteiger partial charge in [0.15, 0.2) is 0 Å². The predicted molar refractivity (Wildman–Crippen MR) is 67.3 cm³/mol. The average molecular weight is 251 g/mol. The Morgan fingerprint density at radius 2 is 1.76 bits per heavy atom. The molecule has 2 aliphatic rings. The van der Waals surface area contributed by atoms with Crippen molar-refractivity contribution in [3.8, 4) is 0 Å². The van der Waals surface area contributed by atoms with E-state index in [0.717, 1.165) is 19.3 Å². The van der Waals surface area contributed by atoms with Gasteiger partial charge in [-0.05, 0) is 30.7 Å². The number of hydrogen-bond acceptors (Lipinski definition) is 2. The fourth-order valence-corrected chi connectivity index (χ4v) is 4.43. The van der Waals surface area contributed by atoms with Gasteiger partial charge in [-0.3, -0.25) is 0 Å². The SMILES string of the molecule is O=S(=O)(C1CC1)N1CC[C@@H](c2ccccc2)C1. The van der Waals surface area contributed by atoms with E-state index in [1.807, 2.05) is 18.2 Å². The normalized spacial score (nSPS) is 26.2. The fourth-order valence-electron chi connectivity index (χ4n) is 2.53. The van der Waals surface area contributed by atoms with Crippen LogP contribution in [0.25, 0.3) is 0 Å². The first-order chi connectivity index (χ1) is 8.18. The van der Waals surface area contributed by atoms with Crippen LogP contribution in [0.1, 0.15) is 30.7 Å². The molecule has 1 aliphatic heterocycles. The summed E-state index contributed by atoms with van der Waals surface area (Å²) in [7, 11) is -2.97. The molecule has 92 valence electrons. The lowest BCUT2D eigenvalue weighted by Gasteiger charge is -2.16. The molecule has 1 aliphatic carbocycles. The van der Waals surface area contributed by atoms with Crippen molar-refractivity contribution in [1.29, 1.82) is 0 Å². The van der Waals surface area contributed by atoms with Gasteiger partial charge in [-0.15, -0.1) is 0 Å². The Morgan fingerprint density at radius 3 is 2.41 bits per heavy atom. The summed E-state index contributed by atoms with van der Waals surface area (Å²) in [4.78, 5) is 0. The van der Waals surface area contributed by atoms with Gasteiger partial charge in [0.1, 0.15) is 0 Å². The lowest BCUT2D eigenvalue weighted by atomic mass is 9.99. The molecule has 0 amide bonds. The molecule has 0 N–H and O–H groups in total. The van der Waals surface area contributed by atoms with Crippen LogP contribution in [0, 0.1) is 0 Å². The van der Waals surface area contributed by atoms with Gasteiger partial charge in [0.05, 0.1) is 5.25 Å². The van der Waals surface area contributed by atoms with E-state index in [-0.39, 0.29) is 5.25 Å². The minimum absolute atomic E-state index is 0.0722. The molecular weight excluding hydrogens is 234 g/mol. The van der Waals surface area contributed by atoms with E-state index in [9.17, 15) is 8.42 Å². The summed E-state index contributed by atoms with van der Waals surface area (Å²) in [6.45, 7) is 1.36. The van der Waals surface area contributed by atoms with Crippen LogP contribution in [0.15, 0.2) is 30.3 Å². The summed E-state index contributed by atoms with van der Waals surface area (Å²) in [6, 6.07) is 10.2. The molecule has 0 aromatic heterocycles. The molecule has 3 nitrogen and oxygen atoms in total. The molecule has 0 spiro atoms. The zero-order valence-corrected chi connectivity index (χ0v) is 10.6. The zero-order chi connectivity index (χ0) is 11.9. The zero-order valence-electron chi connectivity index (χ0n) is 9.75. The molecule has 0 bridgehead atoms. The maximum atomic E-state index is 12.1. The summed E-state index contributed by atoms with van der Waals surface area (Å²) in [5.74, 6) is 0.379. The van der Waals surface area contributed by atoms with Gasteiger partial charge in [-0.2, -0.15) is 0 Å². The van der Waals surface area contributed by atoms with Crippen LogP contribution in [0.4, 0.5) is 0 Å².